The molecule has 1 amide bonds. The Morgan fingerprint density at radius 1 is 1.33 bits per heavy atom. The summed E-state index contributed by atoms with van der Waals surface area (Å²) in [5.74, 6) is -1.72. The van der Waals surface area contributed by atoms with Gasteiger partial charge in [0, 0.05) is 12.5 Å². The number of nitrogens with one attached hydrogen (secondary N) is 1. The lowest BCUT2D eigenvalue weighted by molar-refractivity contribution is -0.145. The van der Waals surface area contributed by atoms with Crippen LogP contribution in [0.25, 0.3) is 0 Å². The largest absolute Gasteiger partial charge is 0.481 e. The second-order valence-electron chi connectivity index (χ2n) is 4.28. The minimum Gasteiger partial charge on any atom is -0.481 e. The fourth-order valence-electron chi connectivity index (χ4n) is 2.36. The average molecular weight is 249 g/mol. The molecule has 2 N–H and O–H groups in total. The average Bonchev–Trinajstić information content (AvgIpc) is 2.93. The van der Waals surface area contributed by atoms with Gasteiger partial charge in [-0.2, -0.15) is 0 Å². The molecule has 0 radical (unpaired) electrons. The van der Waals surface area contributed by atoms with Crippen molar-refractivity contribution < 1.29 is 24.2 Å². The number of carboxylic acids is 1. The predicted octanol–water partition coefficient (Wildman–Crippen LogP) is 0.329. The summed E-state index contributed by atoms with van der Waals surface area (Å²) < 4.78 is 10.4. The first-order valence-electron chi connectivity index (χ1n) is 5.57. The first-order valence-corrected chi connectivity index (χ1v) is 5.57. The van der Waals surface area contributed by atoms with Gasteiger partial charge in [-0.05, 0) is 17.7 Å². The van der Waals surface area contributed by atoms with Gasteiger partial charge in [0.05, 0.1) is 0 Å². The lowest BCUT2D eigenvalue weighted by Gasteiger charge is -2.13. The summed E-state index contributed by atoms with van der Waals surface area (Å²) in [7, 11) is 0. The van der Waals surface area contributed by atoms with Crippen LogP contribution < -0.4 is 14.8 Å². The summed E-state index contributed by atoms with van der Waals surface area (Å²) in [5.41, 5.74) is 0.769. The van der Waals surface area contributed by atoms with Gasteiger partial charge in [-0.25, -0.2) is 0 Å². The minimum absolute atomic E-state index is 0.170. The van der Waals surface area contributed by atoms with Crippen LogP contribution in [0.5, 0.6) is 11.5 Å². The molecule has 6 nitrogen and oxygen atoms in total. The molecule has 3 rings (SSSR count). The van der Waals surface area contributed by atoms with E-state index in [0.29, 0.717) is 18.0 Å². The number of ether oxygens (including phenoxy) is 2. The zero-order valence-electron chi connectivity index (χ0n) is 9.38. The summed E-state index contributed by atoms with van der Waals surface area (Å²) in [4.78, 5) is 22.6. The summed E-state index contributed by atoms with van der Waals surface area (Å²) >= 11 is 0. The van der Waals surface area contributed by atoms with Crippen LogP contribution in [-0.2, 0) is 9.59 Å². The lowest BCUT2D eigenvalue weighted by atomic mass is 9.88. The number of fused-ring (bicyclic) bond motifs is 1. The van der Waals surface area contributed by atoms with Crippen molar-refractivity contribution in [1.29, 1.82) is 0 Å². The second kappa shape index (κ2) is 3.90. The van der Waals surface area contributed by atoms with Crippen LogP contribution in [-0.4, -0.2) is 30.3 Å². The molecule has 94 valence electrons. The standard InChI is InChI=1S/C12H11NO5/c14-11-10(12(15)16)7(4-13-11)6-1-2-8-9(3-6)18-5-17-8/h1-3,7,10H,4-5H2,(H,13,14)(H,15,16)/t7-,10-/m1/s1. The Kier molecular flexibility index (Phi) is 2.36. The lowest BCUT2D eigenvalue weighted by Crippen LogP contribution is -2.26. The first-order chi connectivity index (χ1) is 8.66. The van der Waals surface area contributed by atoms with Crippen LogP contribution >= 0.6 is 0 Å². The molecule has 6 heteroatoms. The van der Waals surface area contributed by atoms with Crippen molar-refractivity contribution in [1.82, 2.24) is 5.32 Å². The molecule has 2 aliphatic heterocycles. The highest BCUT2D eigenvalue weighted by Gasteiger charge is 2.41. The van der Waals surface area contributed by atoms with E-state index in [4.69, 9.17) is 14.6 Å². The van der Waals surface area contributed by atoms with Crippen molar-refractivity contribution in [2.45, 2.75) is 5.92 Å². The Hall–Kier alpha value is -2.24. The monoisotopic (exact) mass is 249 g/mol. The molecule has 1 aromatic rings. The highest BCUT2D eigenvalue weighted by atomic mass is 16.7. The molecule has 1 fully saturated rings. The zero-order valence-corrected chi connectivity index (χ0v) is 9.38. The van der Waals surface area contributed by atoms with Crippen LogP contribution in [0.3, 0.4) is 0 Å². The highest BCUT2D eigenvalue weighted by molar-refractivity contribution is 5.99. The third-order valence-electron chi connectivity index (χ3n) is 3.27. The number of amides is 1. The van der Waals surface area contributed by atoms with Gasteiger partial charge in [0.2, 0.25) is 12.7 Å². The molecule has 0 unspecified atom stereocenters. The Morgan fingerprint density at radius 2 is 2.11 bits per heavy atom. The van der Waals surface area contributed by atoms with Crippen LogP contribution in [0.2, 0.25) is 0 Å². The van der Waals surface area contributed by atoms with E-state index in [1.807, 2.05) is 0 Å². The SMILES string of the molecule is O=C(O)[C@H]1C(=O)NC[C@@H]1c1ccc2c(c1)OCO2. The fourth-order valence-corrected chi connectivity index (χ4v) is 2.36. The van der Waals surface area contributed by atoms with E-state index in [1.54, 1.807) is 18.2 Å². The topological polar surface area (TPSA) is 84.9 Å². The number of carbonyl (C=O) groups excluding carboxylic acids is 1. The molecule has 2 aliphatic rings. The minimum atomic E-state index is -1.10. The van der Waals surface area contributed by atoms with Crippen LogP contribution in [0.15, 0.2) is 18.2 Å². The van der Waals surface area contributed by atoms with E-state index in [9.17, 15) is 9.59 Å². The van der Waals surface area contributed by atoms with Gasteiger partial charge in [0.15, 0.2) is 11.5 Å². The number of aliphatic carboxylic acids is 1. The van der Waals surface area contributed by atoms with Crippen LogP contribution in [0.4, 0.5) is 0 Å². The Labute approximate surface area is 103 Å². The molecular weight excluding hydrogens is 238 g/mol. The second-order valence-corrected chi connectivity index (χ2v) is 4.28. The molecule has 0 aromatic heterocycles. The van der Waals surface area contributed by atoms with Gasteiger partial charge < -0.3 is 19.9 Å². The number of hydrogen-bond acceptors (Lipinski definition) is 4. The maximum absolute atomic E-state index is 11.5. The molecule has 1 saturated heterocycles. The molecule has 18 heavy (non-hydrogen) atoms. The van der Waals surface area contributed by atoms with Gasteiger partial charge in [-0.1, -0.05) is 6.07 Å². The molecule has 1 aromatic carbocycles. The van der Waals surface area contributed by atoms with Crippen molar-refractivity contribution in [3.63, 3.8) is 0 Å². The molecular formula is C12H11NO5. The van der Waals surface area contributed by atoms with Gasteiger partial charge in [-0.15, -0.1) is 0 Å². The third-order valence-corrected chi connectivity index (χ3v) is 3.27. The quantitative estimate of drug-likeness (QED) is 0.738. The molecule has 2 heterocycles. The molecule has 0 spiro atoms. The maximum Gasteiger partial charge on any atom is 0.316 e. The number of hydrogen-bond donors (Lipinski definition) is 2. The maximum atomic E-state index is 11.5. The number of carboxylic acid groups (broad SMARTS) is 1. The Morgan fingerprint density at radius 3 is 2.89 bits per heavy atom. The summed E-state index contributed by atoms with van der Waals surface area (Å²) in [6.07, 6.45) is 0. The van der Waals surface area contributed by atoms with E-state index < -0.39 is 17.8 Å². The zero-order chi connectivity index (χ0) is 12.7. The molecule has 0 saturated carbocycles. The van der Waals surface area contributed by atoms with E-state index in [-0.39, 0.29) is 12.7 Å². The third kappa shape index (κ3) is 1.57. The van der Waals surface area contributed by atoms with Gasteiger partial charge in [0.1, 0.15) is 5.92 Å². The summed E-state index contributed by atoms with van der Waals surface area (Å²) in [6.45, 7) is 0.498. The van der Waals surface area contributed by atoms with Crippen molar-refractivity contribution >= 4 is 11.9 Å². The smallest absolute Gasteiger partial charge is 0.316 e. The fraction of sp³-hybridized carbons (Fsp3) is 0.333. The van der Waals surface area contributed by atoms with Gasteiger partial charge in [-0.3, -0.25) is 9.59 Å². The number of carbonyl (C=O) groups is 2. The normalized spacial score (nSPS) is 25.0. The van der Waals surface area contributed by atoms with Crippen molar-refractivity contribution in [2.24, 2.45) is 5.92 Å². The highest BCUT2D eigenvalue weighted by Crippen LogP contribution is 2.37. The van der Waals surface area contributed by atoms with E-state index in [0.717, 1.165) is 5.56 Å². The van der Waals surface area contributed by atoms with E-state index in [1.165, 1.54) is 0 Å². The predicted molar refractivity (Wildman–Crippen MR) is 59.4 cm³/mol. The van der Waals surface area contributed by atoms with E-state index >= 15 is 0 Å². The van der Waals surface area contributed by atoms with Crippen molar-refractivity contribution in [2.75, 3.05) is 13.3 Å². The van der Waals surface area contributed by atoms with Crippen LogP contribution in [0, 0.1) is 5.92 Å². The summed E-state index contributed by atoms with van der Waals surface area (Å²) in [6, 6.07) is 5.25. The molecule has 0 aliphatic carbocycles. The first kappa shape index (κ1) is 10.9. The van der Waals surface area contributed by atoms with E-state index in [2.05, 4.69) is 5.32 Å². The van der Waals surface area contributed by atoms with Crippen LogP contribution in [0.1, 0.15) is 11.5 Å². The number of benzene rings is 1. The summed E-state index contributed by atoms with van der Waals surface area (Å²) in [5, 5.41) is 11.7. The Bertz CT molecular complexity index is 527. The van der Waals surface area contributed by atoms with Gasteiger partial charge >= 0.3 is 5.97 Å². The van der Waals surface area contributed by atoms with Crippen molar-refractivity contribution in [3.8, 4) is 11.5 Å². The number of rotatable bonds is 2. The molecule has 0 bridgehead atoms. The van der Waals surface area contributed by atoms with Crippen molar-refractivity contribution in [3.05, 3.63) is 23.8 Å². The molecule has 2 atom stereocenters. The van der Waals surface area contributed by atoms with Gasteiger partial charge in [0.25, 0.3) is 0 Å². The Balaban J connectivity index is 1.95.